The van der Waals surface area contributed by atoms with Crippen LogP contribution in [0.15, 0.2) is 99.4 Å². The summed E-state index contributed by atoms with van der Waals surface area (Å²) in [5.41, 5.74) is 1.22. The number of nitrogens with one attached hydrogen (secondary N) is 3. The smallest absolute Gasteiger partial charge is 0.251 e. The van der Waals surface area contributed by atoms with Crippen molar-refractivity contribution in [3.8, 4) is 11.3 Å². The standard InChI is InChI=1S/C22H20ClF2N3O4S.C12H13ClF2N2O3S/c23-17-5-7-18(8-6-17)33(30,31)28(19-13-22(24,25)10-12-26-21(19)29)14-15-1-3-16(4-2-15)20-9-11-27-32-20;13-8-1-3-9(4-2-8)21(19,20)17-10-7-12(14,15)5-6-16-11(10)18/h1-9,11,19H,10,12-14H2,(H,26,29);1-4,10,17H,5-7H2,(H,16,18)/t19-;10-/m11/s1. The lowest BCUT2D eigenvalue weighted by Crippen LogP contribution is -2.49. The summed E-state index contributed by atoms with van der Waals surface area (Å²) in [7, 11) is -8.40. The van der Waals surface area contributed by atoms with Crippen LogP contribution in [0.3, 0.4) is 0 Å². The van der Waals surface area contributed by atoms with Gasteiger partial charge in [0.2, 0.25) is 31.9 Å². The Morgan fingerprint density at radius 1 is 0.759 bits per heavy atom. The summed E-state index contributed by atoms with van der Waals surface area (Å²) in [4.78, 5) is 24.1. The number of nitrogens with zero attached hydrogens (tertiary/aromatic N) is 2. The molecule has 54 heavy (non-hydrogen) atoms. The molecule has 0 saturated carbocycles. The number of aromatic nitrogens is 1. The van der Waals surface area contributed by atoms with Crippen LogP contribution < -0.4 is 15.4 Å². The Morgan fingerprint density at radius 3 is 1.85 bits per heavy atom. The second kappa shape index (κ2) is 16.7. The Kier molecular flexibility index (Phi) is 12.7. The Bertz CT molecular complexity index is 2150. The minimum atomic E-state index is -4.32. The second-order valence-electron chi connectivity index (χ2n) is 12.4. The highest BCUT2D eigenvalue weighted by atomic mass is 35.5. The van der Waals surface area contributed by atoms with Crippen LogP contribution in [0.5, 0.6) is 0 Å². The van der Waals surface area contributed by atoms with Crippen molar-refractivity contribution in [1.82, 2.24) is 24.8 Å². The third-order valence-electron chi connectivity index (χ3n) is 8.40. The van der Waals surface area contributed by atoms with Crippen LogP contribution in [-0.4, -0.2) is 75.1 Å². The van der Waals surface area contributed by atoms with E-state index in [1.54, 1.807) is 30.3 Å². The molecule has 4 aromatic rings. The molecule has 2 aliphatic rings. The summed E-state index contributed by atoms with van der Waals surface area (Å²) in [5, 5.41) is 8.99. The van der Waals surface area contributed by atoms with Gasteiger partial charge < -0.3 is 15.2 Å². The number of carbonyl (C=O) groups excluding carboxylic acids is 2. The van der Waals surface area contributed by atoms with Gasteiger partial charge in [0.1, 0.15) is 12.1 Å². The molecule has 2 fully saturated rings. The number of amides is 2. The van der Waals surface area contributed by atoms with Crippen LogP contribution in [0.1, 0.15) is 31.2 Å². The molecule has 2 amide bonds. The molecule has 0 bridgehead atoms. The highest BCUT2D eigenvalue weighted by molar-refractivity contribution is 7.89. The molecule has 20 heteroatoms. The molecular weight excluding hydrogens is 801 g/mol. The summed E-state index contributed by atoms with van der Waals surface area (Å²) >= 11 is 11.5. The molecule has 2 aliphatic heterocycles. The molecule has 290 valence electrons. The third kappa shape index (κ3) is 10.6. The first-order chi connectivity index (χ1) is 25.3. The quantitative estimate of drug-likeness (QED) is 0.183. The lowest BCUT2D eigenvalue weighted by atomic mass is 10.1. The minimum Gasteiger partial charge on any atom is -0.356 e. The van der Waals surface area contributed by atoms with Gasteiger partial charge in [0.05, 0.1) is 16.0 Å². The number of sulfonamides is 2. The molecule has 0 aliphatic carbocycles. The van der Waals surface area contributed by atoms with E-state index in [1.165, 1.54) is 54.7 Å². The van der Waals surface area contributed by atoms with Gasteiger partial charge in [0, 0.05) is 67.0 Å². The van der Waals surface area contributed by atoms with E-state index in [2.05, 4.69) is 15.8 Å². The third-order valence-corrected chi connectivity index (χ3v) is 12.3. The number of carbonyl (C=O) groups is 2. The topological polar surface area (TPSA) is 168 Å². The van der Waals surface area contributed by atoms with E-state index < -0.39 is 81.5 Å². The monoisotopic (exact) mass is 833 g/mol. The summed E-state index contributed by atoms with van der Waals surface area (Å²) in [6.45, 7) is -0.705. The summed E-state index contributed by atoms with van der Waals surface area (Å²) in [5.74, 6) is -7.30. The summed E-state index contributed by atoms with van der Waals surface area (Å²) in [6.07, 6.45) is -1.37. The minimum absolute atomic E-state index is 0.146. The van der Waals surface area contributed by atoms with E-state index in [-0.39, 0.29) is 29.4 Å². The van der Waals surface area contributed by atoms with Gasteiger partial charge in [-0.15, -0.1) is 0 Å². The van der Waals surface area contributed by atoms with Crippen molar-refractivity contribution in [2.24, 2.45) is 0 Å². The van der Waals surface area contributed by atoms with Gasteiger partial charge in [0.15, 0.2) is 5.76 Å². The molecule has 1 aromatic heterocycles. The highest BCUT2D eigenvalue weighted by Crippen LogP contribution is 2.33. The normalized spacial score (nSPS) is 20.1. The summed E-state index contributed by atoms with van der Waals surface area (Å²) in [6, 6.07) is 15.8. The molecular formula is C34H33Cl2F4N5O7S2. The van der Waals surface area contributed by atoms with Crippen molar-refractivity contribution in [3.05, 3.63) is 101 Å². The average Bonchev–Trinajstić information content (AvgIpc) is 3.56. The maximum absolute atomic E-state index is 14.4. The fraction of sp³-hybridized carbons (Fsp3) is 0.324. The van der Waals surface area contributed by atoms with Gasteiger partial charge in [0.25, 0.3) is 11.8 Å². The van der Waals surface area contributed by atoms with E-state index in [4.69, 9.17) is 27.7 Å². The van der Waals surface area contributed by atoms with Crippen molar-refractivity contribution < 1.29 is 48.5 Å². The van der Waals surface area contributed by atoms with Crippen LogP contribution in [-0.2, 0) is 36.2 Å². The van der Waals surface area contributed by atoms with Crippen LogP contribution >= 0.6 is 23.2 Å². The molecule has 0 radical (unpaired) electrons. The predicted molar refractivity (Wildman–Crippen MR) is 190 cm³/mol. The second-order valence-corrected chi connectivity index (χ2v) is 16.9. The largest absolute Gasteiger partial charge is 0.356 e. The van der Waals surface area contributed by atoms with E-state index in [1.807, 2.05) is 4.72 Å². The molecule has 2 atom stereocenters. The van der Waals surface area contributed by atoms with Gasteiger partial charge in [-0.2, -0.15) is 9.03 Å². The Hall–Kier alpha value is -4.07. The number of halogens is 6. The molecule has 3 aromatic carbocycles. The van der Waals surface area contributed by atoms with Crippen molar-refractivity contribution >= 4 is 55.1 Å². The average molecular weight is 835 g/mol. The van der Waals surface area contributed by atoms with E-state index in [0.717, 1.165) is 4.31 Å². The van der Waals surface area contributed by atoms with Crippen molar-refractivity contribution in [2.45, 2.75) is 65.9 Å². The van der Waals surface area contributed by atoms with Crippen LogP contribution in [0, 0.1) is 0 Å². The SMILES string of the molecule is O=C1NCCC(F)(F)C[C@H]1N(Cc1ccc(-c2ccno2)cc1)S(=O)(=O)c1ccc(Cl)cc1.O=C1NCCC(F)(F)C[C@H]1NS(=O)(=O)c1ccc(Cl)cc1. The van der Waals surface area contributed by atoms with Crippen molar-refractivity contribution in [3.63, 3.8) is 0 Å². The summed E-state index contributed by atoms with van der Waals surface area (Å²) < 4.78 is 115. The van der Waals surface area contributed by atoms with E-state index in [0.29, 0.717) is 26.9 Å². The van der Waals surface area contributed by atoms with Gasteiger partial charge >= 0.3 is 0 Å². The van der Waals surface area contributed by atoms with Gasteiger partial charge in [-0.3, -0.25) is 9.59 Å². The number of rotatable bonds is 9. The van der Waals surface area contributed by atoms with Gasteiger partial charge in [-0.05, 0) is 54.1 Å². The molecule has 2 saturated heterocycles. The lowest BCUT2D eigenvalue weighted by Gasteiger charge is -2.30. The predicted octanol–water partition coefficient (Wildman–Crippen LogP) is 5.63. The van der Waals surface area contributed by atoms with Crippen molar-refractivity contribution in [2.75, 3.05) is 13.1 Å². The number of hydrogen-bond acceptors (Lipinski definition) is 8. The number of hydrogen-bond donors (Lipinski definition) is 3. The van der Waals surface area contributed by atoms with Crippen LogP contribution in [0.4, 0.5) is 17.6 Å². The van der Waals surface area contributed by atoms with Crippen molar-refractivity contribution in [1.29, 1.82) is 0 Å². The molecule has 12 nitrogen and oxygen atoms in total. The van der Waals surface area contributed by atoms with Crippen LogP contribution in [0.25, 0.3) is 11.3 Å². The maximum Gasteiger partial charge on any atom is 0.251 e. The zero-order valence-corrected chi connectivity index (χ0v) is 31.2. The fourth-order valence-corrected chi connectivity index (χ4v) is 8.59. The first kappa shape index (κ1) is 41.1. The van der Waals surface area contributed by atoms with Gasteiger partial charge in [-0.25, -0.2) is 34.4 Å². The number of alkyl halides is 4. The Balaban J connectivity index is 0.000000230. The fourth-order valence-electron chi connectivity index (χ4n) is 5.57. The molecule has 3 N–H and O–H groups in total. The first-order valence-electron chi connectivity index (χ1n) is 16.2. The molecule has 0 unspecified atom stereocenters. The van der Waals surface area contributed by atoms with Crippen LogP contribution in [0.2, 0.25) is 10.0 Å². The first-order valence-corrected chi connectivity index (χ1v) is 19.9. The molecule has 3 heterocycles. The Morgan fingerprint density at radius 2 is 1.30 bits per heavy atom. The zero-order chi connectivity index (χ0) is 39.3. The highest BCUT2D eigenvalue weighted by Gasteiger charge is 2.45. The maximum atomic E-state index is 14.4. The lowest BCUT2D eigenvalue weighted by molar-refractivity contribution is -0.126. The van der Waals surface area contributed by atoms with Gasteiger partial charge in [-0.1, -0.05) is 52.6 Å². The number of benzene rings is 3. The van der Waals surface area contributed by atoms with E-state index in [9.17, 15) is 44.0 Å². The molecule has 0 spiro atoms. The molecule has 6 rings (SSSR count). The van der Waals surface area contributed by atoms with E-state index >= 15 is 0 Å². The Labute approximate surface area is 318 Å². The zero-order valence-electron chi connectivity index (χ0n) is 28.0.